The van der Waals surface area contributed by atoms with Crippen molar-refractivity contribution in [3.63, 3.8) is 0 Å². The molecule has 20 heavy (non-hydrogen) atoms. The lowest BCUT2D eigenvalue weighted by molar-refractivity contribution is 0.0460. The zero-order chi connectivity index (χ0) is 14.1. The van der Waals surface area contributed by atoms with Crippen LogP contribution in [0, 0.1) is 0 Å². The summed E-state index contributed by atoms with van der Waals surface area (Å²) in [4.78, 5) is 14.8. The summed E-state index contributed by atoms with van der Waals surface area (Å²) >= 11 is 0. The van der Waals surface area contributed by atoms with Crippen LogP contribution in [0.2, 0.25) is 0 Å². The summed E-state index contributed by atoms with van der Waals surface area (Å²) in [5.41, 5.74) is 1.09. The minimum Gasteiger partial charge on any atom is -0.369 e. The van der Waals surface area contributed by atoms with Gasteiger partial charge in [-0.05, 0) is 24.3 Å². The Morgan fingerprint density at radius 3 is 1.40 bits per heavy atom. The van der Waals surface area contributed by atoms with E-state index in [9.17, 15) is 15.0 Å². The highest BCUT2D eigenvalue weighted by Crippen LogP contribution is 2.30. The number of para-hydroxylation sites is 2. The summed E-state index contributed by atoms with van der Waals surface area (Å²) < 4.78 is 0. The molecule has 1 aliphatic rings. The molecule has 2 amide bonds. The molecule has 102 valence electrons. The molecule has 1 heterocycles. The molecule has 2 atom stereocenters. The van der Waals surface area contributed by atoms with Gasteiger partial charge in [-0.1, -0.05) is 36.4 Å². The SMILES string of the molecule is O=C1N(c2ccccc2)C(O)C(O)N1c1ccccc1. The standard InChI is InChI=1S/C15H14N2O3/c18-13-14(19)17(12-9-5-2-6-10-12)15(20)16(13)11-7-3-1-4-8-11/h1-10,13-14,18-19H. The van der Waals surface area contributed by atoms with Crippen LogP contribution in [0.5, 0.6) is 0 Å². The summed E-state index contributed by atoms with van der Waals surface area (Å²) in [6.45, 7) is 0. The van der Waals surface area contributed by atoms with Crippen molar-refractivity contribution in [3.05, 3.63) is 60.7 Å². The van der Waals surface area contributed by atoms with Gasteiger partial charge in [-0.3, -0.25) is 9.80 Å². The number of rotatable bonds is 2. The van der Waals surface area contributed by atoms with E-state index in [-0.39, 0.29) is 0 Å². The van der Waals surface area contributed by atoms with E-state index in [1.807, 2.05) is 12.1 Å². The van der Waals surface area contributed by atoms with Crippen LogP contribution in [-0.4, -0.2) is 28.7 Å². The molecule has 5 heteroatoms. The molecule has 2 aromatic carbocycles. The van der Waals surface area contributed by atoms with E-state index in [4.69, 9.17) is 0 Å². The molecular weight excluding hydrogens is 256 g/mol. The molecule has 2 aromatic rings. The summed E-state index contributed by atoms with van der Waals surface area (Å²) in [6.07, 6.45) is -2.60. The number of aliphatic hydroxyl groups excluding tert-OH is 2. The van der Waals surface area contributed by atoms with Crippen LogP contribution in [0.15, 0.2) is 60.7 Å². The molecule has 0 bridgehead atoms. The Kier molecular flexibility index (Phi) is 3.14. The predicted molar refractivity (Wildman–Crippen MR) is 75.3 cm³/mol. The second kappa shape index (κ2) is 4.96. The number of amides is 2. The molecule has 0 saturated carbocycles. The fourth-order valence-corrected chi connectivity index (χ4v) is 2.31. The minimum atomic E-state index is -1.30. The molecule has 0 aromatic heterocycles. The molecule has 2 N–H and O–H groups in total. The van der Waals surface area contributed by atoms with Gasteiger partial charge in [-0.15, -0.1) is 0 Å². The number of carbonyl (C=O) groups is 1. The Balaban J connectivity index is 1.99. The Morgan fingerprint density at radius 1 is 0.700 bits per heavy atom. The molecular formula is C15H14N2O3. The second-order valence-electron chi connectivity index (χ2n) is 4.52. The first-order valence-electron chi connectivity index (χ1n) is 6.29. The van der Waals surface area contributed by atoms with Gasteiger partial charge in [0.05, 0.1) is 0 Å². The monoisotopic (exact) mass is 270 g/mol. The van der Waals surface area contributed by atoms with E-state index in [1.165, 1.54) is 9.80 Å². The van der Waals surface area contributed by atoms with Crippen molar-refractivity contribution in [3.8, 4) is 0 Å². The number of aliphatic hydroxyl groups is 2. The molecule has 0 spiro atoms. The highest BCUT2D eigenvalue weighted by molar-refractivity contribution is 6.06. The lowest BCUT2D eigenvalue weighted by Crippen LogP contribution is -2.37. The first kappa shape index (κ1) is 12.7. The number of hydrogen-bond acceptors (Lipinski definition) is 3. The molecule has 0 radical (unpaired) electrons. The third kappa shape index (κ3) is 1.93. The summed E-state index contributed by atoms with van der Waals surface area (Å²) in [7, 11) is 0. The Bertz CT molecular complexity index is 550. The summed E-state index contributed by atoms with van der Waals surface area (Å²) in [6, 6.07) is 17.1. The van der Waals surface area contributed by atoms with Gasteiger partial charge >= 0.3 is 6.03 Å². The Morgan fingerprint density at radius 2 is 1.05 bits per heavy atom. The number of anilines is 2. The van der Waals surface area contributed by atoms with Crippen LogP contribution in [0.4, 0.5) is 16.2 Å². The molecule has 5 nitrogen and oxygen atoms in total. The van der Waals surface area contributed by atoms with Gasteiger partial charge in [-0.2, -0.15) is 0 Å². The third-order valence-electron chi connectivity index (χ3n) is 3.28. The number of benzene rings is 2. The van der Waals surface area contributed by atoms with E-state index in [0.717, 1.165) is 0 Å². The number of nitrogens with zero attached hydrogens (tertiary/aromatic N) is 2. The predicted octanol–water partition coefficient (Wildman–Crippen LogP) is 1.77. The Hall–Kier alpha value is -2.37. The highest BCUT2D eigenvalue weighted by Gasteiger charge is 2.45. The van der Waals surface area contributed by atoms with Crippen molar-refractivity contribution >= 4 is 17.4 Å². The van der Waals surface area contributed by atoms with Gasteiger partial charge in [0.15, 0.2) is 12.5 Å². The fraction of sp³-hybridized carbons (Fsp3) is 0.133. The quantitative estimate of drug-likeness (QED) is 0.874. The molecule has 3 rings (SSSR count). The molecule has 0 aliphatic carbocycles. The number of urea groups is 1. The average Bonchev–Trinajstić information content (AvgIpc) is 2.71. The minimum absolute atomic E-state index is 0.456. The van der Waals surface area contributed by atoms with Crippen LogP contribution < -0.4 is 9.80 Å². The van der Waals surface area contributed by atoms with E-state index in [0.29, 0.717) is 11.4 Å². The topological polar surface area (TPSA) is 64.0 Å². The summed E-state index contributed by atoms with van der Waals surface area (Å²) in [5.74, 6) is 0. The first-order chi connectivity index (χ1) is 9.70. The Labute approximate surface area is 116 Å². The van der Waals surface area contributed by atoms with E-state index in [1.54, 1.807) is 48.5 Å². The molecule has 1 aliphatic heterocycles. The van der Waals surface area contributed by atoms with Crippen molar-refractivity contribution < 1.29 is 15.0 Å². The van der Waals surface area contributed by atoms with E-state index in [2.05, 4.69) is 0 Å². The maximum Gasteiger partial charge on any atom is 0.333 e. The van der Waals surface area contributed by atoms with Gasteiger partial charge in [-0.25, -0.2) is 4.79 Å². The van der Waals surface area contributed by atoms with Gasteiger partial charge < -0.3 is 10.2 Å². The lowest BCUT2D eigenvalue weighted by Gasteiger charge is -2.19. The van der Waals surface area contributed by atoms with Crippen molar-refractivity contribution in [1.29, 1.82) is 0 Å². The van der Waals surface area contributed by atoms with E-state index < -0.39 is 18.5 Å². The van der Waals surface area contributed by atoms with Gasteiger partial charge in [0.1, 0.15) is 0 Å². The first-order valence-corrected chi connectivity index (χ1v) is 6.29. The fourth-order valence-electron chi connectivity index (χ4n) is 2.31. The van der Waals surface area contributed by atoms with Gasteiger partial charge in [0, 0.05) is 11.4 Å². The summed E-state index contributed by atoms with van der Waals surface area (Å²) in [5, 5.41) is 20.3. The van der Waals surface area contributed by atoms with E-state index >= 15 is 0 Å². The van der Waals surface area contributed by atoms with Crippen molar-refractivity contribution in [2.45, 2.75) is 12.5 Å². The second-order valence-corrected chi connectivity index (χ2v) is 4.52. The van der Waals surface area contributed by atoms with Gasteiger partial charge in [0.25, 0.3) is 0 Å². The number of carbonyl (C=O) groups excluding carboxylic acids is 1. The van der Waals surface area contributed by atoms with Crippen molar-refractivity contribution in [2.24, 2.45) is 0 Å². The largest absolute Gasteiger partial charge is 0.369 e. The molecule has 1 saturated heterocycles. The van der Waals surface area contributed by atoms with Crippen LogP contribution in [0.25, 0.3) is 0 Å². The lowest BCUT2D eigenvalue weighted by atomic mass is 10.3. The van der Waals surface area contributed by atoms with Crippen molar-refractivity contribution in [2.75, 3.05) is 9.80 Å². The van der Waals surface area contributed by atoms with Crippen LogP contribution >= 0.6 is 0 Å². The smallest absolute Gasteiger partial charge is 0.333 e. The zero-order valence-corrected chi connectivity index (χ0v) is 10.6. The third-order valence-corrected chi connectivity index (χ3v) is 3.28. The normalized spacial score (nSPS) is 22.4. The maximum absolute atomic E-state index is 12.5. The average molecular weight is 270 g/mol. The van der Waals surface area contributed by atoms with Crippen LogP contribution in [0.1, 0.15) is 0 Å². The molecule has 2 unspecified atom stereocenters. The number of hydrogen-bond donors (Lipinski definition) is 2. The zero-order valence-electron chi connectivity index (χ0n) is 10.6. The molecule has 1 fully saturated rings. The van der Waals surface area contributed by atoms with Crippen molar-refractivity contribution in [1.82, 2.24) is 0 Å². The highest BCUT2D eigenvalue weighted by atomic mass is 16.4. The van der Waals surface area contributed by atoms with Crippen LogP contribution in [0.3, 0.4) is 0 Å². The maximum atomic E-state index is 12.5. The van der Waals surface area contributed by atoms with Crippen LogP contribution in [-0.2, 0) is 0 Å². The van der Waals surface area contributed by atoms with Gasteiger partial charge in [0.2, 0.25) is 0 Å².